The van der Waals surface area contributed by atoms with Gasteiger partial charge in [0.1, 0.15) is 111 Å². The van der Waals surface area contributed by atoms with E-state index in [1.165, 1.54) is 33.4 Å². The van der Waals surface area contributed by atoms with Crippen LogP contribution in [-0.2, 0) is 55.5 Å². The van der Waals surface area contributed by atoms with Gasteiger partial charge in [-0.05, 0) is 108 Å². The standard InChI is InChI=1S/C73H88O12/c1-11-72(12-2,62-31-50(21-29-66(62)83-44-59-41-80-59)69(5,6)47-15-23-53(24-16-47)74-35-56-38-77-56)64-33-52(71(9,10)49-19-27-55(28-20-49)76-37-58-40-79-58)34-65(68(64)85-46-61-43-82-61)73(13-3,14-4)63-32-51(22-30-67(63)84-45-60-42-81-60)70(7,8)48-17-25-54(26-18-48)75-36-57-39-78-57/h15-34,56-61H,11-14,35-46H2,1-10H3. The minimum atomic E-state index is -0.640. The fourth-order valence-corrected chi connectivity index (χ4v) is 12.5. The molecule has 6 saturated heterocycles. The summed E-state index contributed by atoms with van der Waals surface area (Å²) in [7, 11) is 0. The molecule has 0 aliphatic carbocycles. The summed E-state index contributed by atoms with van der Waals surface area (Å²) < 4.78 is 74.1. The molecule has 6 fully saturated rings. The van der Waals surface area contributed by atoms with Crippen molar-refractivity contribution < 1.29 is 56.8 Å². The summed E-state index contributed by atoms with van der Waals surface area (Å²) >= 11 is 0. The lowest BCUT2D eigenvalue weighted by atomic mass is 9.62. The van der Waals surface area contributed by atoms with Gasteiger partial charge >= 0.3 is 0 Å². The highest BCUT2D eigenvalue weighted by atomic mass is 16.6. The Balaban J connectivity index is 1.06. The topological polar surface area (TPSA) is 131 Å². The van der Waals surface area contributed by atoms with Crippen LogP contribution in [0.1, 0.15) is 151 Å². The van der Waals surface area contributed by atoms with Gasteiger partial charge in [0.05, 0.1) is 39.6 Å². The first-order valence-electron chi connectivity index (χ1n) is 31.3. The Kier molecular flexibility index (Phi) is 16.9. The molecule has 6 atom stereocenters. The van der Waals surface area contributed by atoms with Crippen LogP contribution < -0.4 is 28.4 Å². The second-order valence-electron chi connectivity index (χ2n) is 25.9. The monoisotopic (exact) mass is 1160 g/mol. The molecule has 6 unspecified atom stereocenters. The van der Waals surface area contributed by atoms with Crippen LogP contribution in [0.25, 0.3) is 0 Å². The van der Waals surface area contributed by atoms with Crippen LogP contribution >= 0.6 is 0 Å². The van der Waals surface area contributed by atoms with Gasteiger partial charge in [0, 0.05) is 49.3 Å². The number of hydrogen-bond acceptors (Lipinski definition) is 12. The summed E-state index contributed by atoms with van der Waals surface area (Å²) in [6, 6.07) is 44.6. The van der Waals surface area contributed by atoms with E-state index >= 15 is 0 Å². The van der Waals surface area contributed by atoms with Gasteiger partial charge in [0.25, 0.3) is 0 Å². The van der Waals surface area contributed by atoms with Gasteiger partial charge in [-0.15, -0.1) is 0 Å². The first-order chi connectivity index (χ1) is 41.1. The molecule has 6 aliphatic rings. The zero-order chi connectivity index (χ0) is 59.1. The van der Waals surface area contributed by atoms with Crippen molar-refractivity contribution in [2.45, 2.75) is 159 Å². The van der Waals surface area contributed by atoms with Gasteiger partial charge < -0.3 is 56.8 Å². The van der Waals surface area contributed by atoms with Gasteiger partial charge in [-0.2, -0.15) is 0 Å². The van der Waals surface area contributed by atoms with E-state index in [1.54, 1.807) is 0 Å². The number of ether oxygens (including phenoxy) is 12. The quantitative estimate of drug-likeness (QED) is 0.0373. The third-order valence-corrected chi connectivity index (χ3v) is 19.4. The van der Waals surface area contributed by atoms with Gasteiger partial charge in [0.2, 0.25) is 0 Å². The predicted octanol–water partition coefficient (Wildman–Crippen LogP) is 13.5. The van der Waals surface area contributed by atoms with Crippen molar-refractivity contribution in [1.82, 2.24) is 0 Å². The smallest absolute Gasteiger partial charge is 0.127 e. The van der Waals surface area contributed by atoms with Crippen molar-refractivity contribution in [1.29, 1.82) is 0 Å². The van der Waals surface area contributed by atoms with Gasteiger partial charge in [-0.25, -0.2) is 0 Å². The molecule has 12 nitrogen and oxygen atoms in total. The summed E-state index contributed by atoms with van der Waals surface area (Å²) in [6.45, 7) is 30.6. The highest BCUT2D eigenvalue weighted by Crippen LogP contribution is 2.56. The van der Waals surface area contributed by atoms with E-state index < -0.39 is 27.1 Å². The molecule has 0 N–H and O–H groups in total. The van der Waals surface area contributed by atoms with E-state index in [2.05, 4.69) is 191 Å². The lowest BCUT2D eigenvalue weighted by Crippen LogP contribution is -2.34. The largest absolute Gasteiger partial charge is 0.491 e. The normalized spacial score (nSPS) is 21.4. The van der Waals surface area contributed by atoms with Crippen LogP contribution in [0.2, 0.25) is 0 Å². The van der Waals surface area contributed by atoms with Gasteiger partial charge in [-0.1, -0.05) is 142 Å². The Labute approximate surface area is 504 Å². The summed E-state index contributed by atoms with van der Waals surface area (Å²) in [5.41, 5.74) is 8.95. The highest BCUT2D eigenvalue weighted by molar-refractivity contribution is 5.64. The third-order valence-electron chi connectivity index (χ3n) is 19.4. The van der Waals surface area contributed by atoms with Crippen molar-refractivity contribution in [3.63, 3.8) is 0 Å². The van der Waals surface area contributed by atoms with E-state index in [1.807, 2.05) is 0 Å². The first kappa shape index (κ1) is 59.2. The average molecular weight is 1160 g/mol. The van der Waals surface area contributed by atoms with Crippen LogP contribution in [-0.4, -0.2) is 116 Å². The van der Waals surface area contributed by atoms with Crippen LogP contribution in [0.4, 0.5) is 0 Å². The van der Waals surface area contributed by atoms with Crippen LogP contribution in [0.3, 0.4) is 0 Å². The van der Waals surface area contributed by atoms with Crippen molar-refractivity contribution in [3.8, 4) is 34.5 Å². The summed E-state index contributed by atoms with van der Waals surface area (Å²) in [5, 5.41) is 0. The molecule has 0 saturated carbocycles. The van der Waals surface area contributed by atoms with Crippen molar-refractivity contribution >= 4 is 0 Å². The lowest BCUT2D eigenvalue weighted by molar-refractivity contribution is 0.243. The minimum Gasteiger partial charge on any atom is -0.491 e. The van der Waals surface area contributed by atoms with E-state index in [0.29, 0.717) is 59.5 Å². The molecule has 12 rings (SSSR count). The van der Waals surface area contributed by atoms with E-state index in [-0.39, 0.29) is 36.6 Å². The Morgan fingerprint density at radius 2 is 0.553 bits per heavy atom. The molecule has 6 aliphatic heterocycles. The van der Waals surface area contributed by atoms with Crippen LogP contribution in [0, 0.1) is 0 Å². The van der Waals surface area contributed by atoms with Crippen molar-refractivity contribution in [2.24, 2.45) is 0 Å². The molecule has 6 aromatic rings. The second kappa shape index (κ2) is 24.2. The number of epoxide rings is 6. The maximum Gasteiger partial charge on any atom is 0.127 e. The lowest BCUT2D eigenvalue weighted by Gasteiger charge is -2.43. The maximum atomic E-state index is 7.61. The molecular formula is C73H88O12. The molecule has 0 bridgehead atoms. The van der Waals surface area contributed by atoms with Crippen LogP contribution in [0.15, 0.2) is 121 Å². The predicted molar refractivity (Wildman–Crippen MR) is 329 cm³/mol. The molecular weight excluding hydrogens is 1070 g/mol. The molecule has 12 heteroatoms. The summed E-state index contributed by atoms with van der Waals surface area (Å²) in [5.74, 6) is 5.09. The molecule has 0 amide bonds. The number of hydrogen-bond donors (Lipinski definition) is 0. The average Bonchev–Trinajstić information content (AvgIpc) is 1.98. The molecule has 6 heterocycles. The molecule has 85 heavy (non-hydrogen) atoms. The summed E-state index contributed by atoms with van der Waals surface area (Å²) in [6.07, 6.45) is 3.62. The molecule has 452 valence electrons. The second-order valence-corrected chi connectivity index (χ2v) is 25.9. The Morgan fingerprint density at radius 3 is 0.835 bits per heavy atom. The van der Waals surface area contributed by atoms with E-state index in [4.69, 9.17) is 56.8 Å². The molecule has 6 aromatic carbocycles. The Bertz CT molecular complexity index is 3070. The molecule has 0 radical (unpaired) electrons. The third kappa shape index (κ3) is 13.0. The SMILES string of the molecule is CCC(CC)(c1cc(C(C)(C)c2ccc(OCC3CO3)cc2)ccc1OCC1CO1)c1cc(C(C)(C)c2ccc(OCC3CO3)cc2)cc(C(CC)(CC)c2cc(C(C)(C)c3ccc(OCC4CO4)cc3)ccc2OCC2CO2)c1OCC1CO1. The number of rotatable bonds is 32. The first-order valence-corrected chi connectivity index (χ1v) is 31.3. The Hall–Kier alpha value is -6.12. The maximum absolute atomic E-state index is 7.61. The molecule has 0 spiro atoms. The van der Waals surface area contributed by atoms with E-state index in [0.717, 1.165) is 102 Å². The highest BCUT2D eigenvalue weighted by Gasteiger charge is 2.46. The van der Waals surface area contributed by atoms with Gasteiger partial charge in [0.15, 0.2) is 0 Å². The Morgan fingerprint density at radius 1 is 0.306 bits per heavy atom. The summed E-state index contributed by atoms with van der Waals surface area (Å²) in [4.78, 5) is 0. The van der Waals surface area contributed by atoms with E-state index in [9.17, 15) is 0 Å². The minimum absolute atomic E-state index is 0.0138. The van der Waals surface area contributed by atoms with Crippen molar-refractivity contribution in [2.75, 3.05) is 79.3 Å². The fraction of sp³-hybridized carbons (Fsp3) is 0.507. The van der Waals surface area contributed by atoms with Gasteiger partial charge in [-0.3, -0.25) is 0 Å². The fourth-order valence-electron chi connectivity index (χ4n) is 12.5. The molecule has 0 aromatic heterocycles. The van der Waals surface area contributed by atoms with Crippen molar-refractivity contribution in [3.05, 3.63) is 177 Å². The number of benzene rings is 6. The van der Waals surface area contributed by atoms with Crippen LogP contribution in [0.5, 0.6) is 34.5 Å². The zero-order valence-corrected chi connectivity index (χ0v) is 51.7. The zero-order valence-electron chi connectivity index (χ0n) is 51.7.